The number of carbonyl (C=O) groups excluding carboxylic acids is 1. The summed E-state index contributed by atoms with van der Waals surface area (Å²) in [6.45, 7) is 3.70. The van der Waals surface area contributed by atoms with E-state index < -0.39 is 0 Å². The molecule has 0 aliphatic carbocycles. The maximum atomic E-state index is 13.5. The molecule has 0 atom stereocenters. The van der Waals surface area contributed by atoms with Gasteiger partial charge in [0, 0.05) is 43.7 Å². The fourth-order valence-electron chi connectivity index (χ4n) is 5.96. The van der Waals surface area contributed by atoms with Gasteiger partial charge in [-0.1, -0.05) is 35.9 Å². The maximum Gasteiger partial charge on any atom is 0.322 e. The van der Waals surface area contributed by atoms with Gasteiger partial charge in [0.15, 0.2) is 0 Å². The number of nitrogens with one attached hydrogen (secondary N) is 1. The first kappa shape index (κ1) is 25.5. The molecule has 1 N–H and O–H groups in total. The zero-order valence-corrected chi connectivity index (χ0v) is 22.5. The van der Waals surface area contributed by atoms with Crippen molar-refractivity contribution < 1.29 is 9.18 Å². The molecule has 4 aromatic rings. The highest BCUT2D eigenvalue weighted by Gasteiger charge is 2.47. The van der Waals surface area contributed by atoms with Crippen molar-refractivity contribution in [1.29, 1.82) is 0 Å². The number of aryl methyl sites for hydroxylation is 1. The first-order valence-electron chi connectivity index (χ1n) is 13.2. The topological polar surface area (TPSA) is 66.3 Å². The molecule has 9 heteroatoms. The number of halogens is 2. The number of hydrogen-bond donors (Lipinski definition) is 1. The highest BCUT2D eigenvalue weighted by Crippen LogP contribution is 2.50. The molecule has 2 aromatic heterocycles. The summed E-state index contributed by atoms with van der Waals surface area (Å²) in [5.41, 5.74) is 5.03. The van der Waals surface area contributed by atoms with Crippen molar-refractivity contribution in [3.05, 3.63) is 94.7 Å². The van der Waals surface area contributed by atoms with Crippen LogP contribution in [-0.4, -0.2) is 51.9 Å². The van der Waals surface area contributed by atoms with E-state index >= 15 is 0 Å². The molecule has 1 fully saturated rings. The lowest BCUT2D eigenvalue weighted by atomic mass is 9.73. The predicted octanol–water partition coefficient (Wildman–Crippen LogP) is 5.54. The average Bonchev–Trinajstić information content (AvgIpc) is 3.47. The van der Waals surface area contributed by atoms with Gasteiger partial charge in [-0.05, 0) is 79.0 Å². The molecule has 6 rings (SSSR count). The summed E-state index contributed by atoms with van der Waals surface area (Å²) in [7, 11) is 1.96. The molecule has 2 aliphatic heterocycles. The van der Waals surface area contributed by atoms with Crippen LogP contribution in [0.25, 0.3) is 17.0 Å². The molecular weight excluding hydrogens is 515 g/mol. The third-order valence-corrected chi connectivity index (χ3v) is 8.23. The summed E-state index contributed by atoms with van der Waals surface area (Å²) >= 11 is 6.03. The van der Waals surface area contributed by atoms with Crippen molar-refractivity contribution in [2.24, 2.45) is 7.05 Å². The second kappa shape index (κ2) is 10.4. The van der Waals surface area contributed by atoms with Gasteiger partial charge in [-0.3, -0.25) is 14.5 Å². The summed E-state index contributed by atoms with van der Waals surface area (Å²) < 4.78 is 15.1. The largest absolute Gasteiger partial charge is 0.334 e. The molecule has 1 spiro atoms. The number of pyridine rings is 1. The van der Waals surface area contributed by atoms with Gasteiger partial charge in [-0.15, -0.1) is 0 Å². The minimum atomic E-state index is -0.225. The van der Waals surface area contributed by atoms with E-state index in [1.807, 2.05) is 35.0 Å². The smallest absolute Gasteiger partial charge is 0.322 e. The number of rotatable bonds is 5. The summed E-state index contributed by atoms with van der Waals surface area (Å²) in [6, 6.07) is 14.2. The number of amides is 2. The minimum absolute atomic E-state index is 0.117. The van der Waals surface area contributed by atoms with E-state index in [0.29, 0.717) is 18.2 Å². The molecule has 1 saturated heterocycles. The SMILES string of the molecule is Cn1ncc2c3c(ccc21)N(C(=O)NCc1ccnc(Cl)c1)CC31CCN(C/C=C/c2ccc(F)cc2)CC1. The Labute approximate surface area is 231 Å². The van der Waals surface area contributed by atoms with Crippen molar-refractivity contribution in [1.82, 2.24) is 25.0 Å². The van der Waals surface area contributed by atoms with Crippen molar-refractivity contribution in [3.8, 4) is 0 Å². The normalized spacial score (nSPS) is 16.8. The molecule has 0 saturated carbocycles. The third-order valence-electron chi connectivity index (χ3n) is 8.03. The lowest BCUT2D eigenvalue weighted by molar-refractivity contribution is 0.181. The first-order valence-corrected chi connectivity index (χ1v) is 13.6. The number of fused-ring (bicyclic) bond motifs is 4. The second-order valence-electron chi connectivity index (χ2n) is 10.4. The van der Waals surface area contributed by atoms with Crippen molar-refractivity contribution in [3.63, 3.8) is 0 Å². The molecular formula is C30H30ClFN6O. The monoisotopic (exact) mass is 544 g/mol. The number of hydrogen-bond acceptors (Lipinski definition) is 4. The number of urea groups is 1. The van der Waals surface area contributed by atoms with Crippen LogP contribution in [0.3, 0.4) is 0 Å². The van der Waals surface area contributed by atoms with Crippen LogP contribution in [0.2, 0.25) is 5.15 Å². The van der Waals surface area contributed by atoms with Gasteiger partial charge < -0.3 is 5.32 Å². The number of likely N-dealkylation sites (tertiary alicyclic amines) is 1. The highest BCUT2D eigenvalue weighted by atomic mass is 35.5. The lowest BCUT2D eigenvalue weighted by Crippen LogP contribution is -2.47. The van der Waals surface area contributed by atoms with Gasteiger partial charge in [0.25, 0.3) is 0 Å². The number of carbonyl (C=O) groups is 1. The molecule has 2 amide bonds. The van der Waals surface area contributed by atoms with Crippen molar-refractivity contribution >= 4 is 40.3 Å². The Hall–Kier alpha value is -3.75. The molecule has 4 heterocycles. The predicted molar refractivity (Wildman–Crippen MR) is 152 cm³/mol. The van der Waals surface area contributed by atoms with Gasteiger partial charge in [0.05, 0.1) is 17.4 Å². The summed E-state index contributed by atoms with van der Waals surface area (Å²) in [5.74, 6) is -0.225. The van der Waals surface area contributed by atoms with Crippen molar-refractivity contribution in [2.45, 2.75) is 24.8 Å². The molecule has 7 nitrogen and oxygen atoms in total. The van der Waals surface area contributed by atoms with E-state index in [-0.39, 0.29) is 17.3 Å². The summed E-state index contributed by atoms with van der Waals surface area (Å²) in [4.78, 5) is 21.8. The number of aromatic nitrogens is 3. The van der Waals surface area contributed by atoms with E-state index in [0.717, 1.165) is 60.2 Å². The van der Waals surface area contributed by atoms with Crippen LogP contribution in [-0.2, 0) is 19.0 Å². The number of anilines is 1. The third kappa shape index (κ3) is 5.02. The van der Waals surface area contributed by atoms with Crippen LogP contribution in [0.4, 0.5) is 14.9 Å². The quantitative estimate of drug-likeness (QED) is 0.335. The van der Waals surface area contributed by atoms with Crippen LogP contribution in [0.5, 0.6) is 0 Å². The van der Waals surface area contributed by atoms with Crippen LogP contribution >= 0.6 is 11.6 Å². The Balaban J connectivity index is 1.20. The van der Waals surface area contributed by atoms with Gasteiger partial charge in [0.1, 0.15) is 11.0 Å². The van der Waals surface area contributed by atoms with E-state index in [2.05, 4.69) is 38.5 Å². The van der Waals surface area contributed by atoms with Crippen LogP contribution in [0.15, 0.2) is 67.0 Å². The van der Waals surface area contributed by atoms with E-state index in [4.69, 9.17) is 11.6 Å². The Morgan fingerprint density at radius 2 is 1.95 bits per heavy atom. The fraction of sp³-hybridized carbons (Fsp3) is 0.300. The number of benzene rings is 2. The standard InChI is InChI=1S/C30H30ClFN6O/c1-36-25-8-9-26-28(24(25)19-35-36)30(20-38(26)29(39)34-18-22-10-13-33-27(31)17-22)11-15-37(16-12-30)14-2-3-21-4-6-23(32)7-5-21/h2-10,13,17,19H,11-12,14-16,18,20H2,1H3,(H,34,39)/b3-2+. The van der Waals surface area contributed by atoms with Crippen LogP contribution < -0.4 is 10.2 Å². The molecule has 0 radical (unpaired) electrons. The lowest BCUT2D eigenvalue weighted by Gasteiger charge is -2.39. The van der Waals surface area contributed by atoms with Gasteiger partial charge in [-0.2, -0.15) is 5.10 Å². The van der Waals surface area contributed by atoms with Crippen LogP contribution in [0, 0.1) is 5.82 Å². The minimum Gasteiger partial charge on any atom is -0.334 e. The van der Waals surface area contributed by atoms with Gasteiger partial charge >= 0.3 is 6.03 Å². The van der Waals surface area contributed by atoms with E-state index in [9.17, 15) is 9.18 Å². The Morgan fingerprint density at radius 3 is 2.72 bits per heavy atom. The second-order valence-corrected chi connectivity index (χ2v) is 10.8. The first-order chi connectivity index (χ1) is 18.9. The Kier molecular flexibility index (Phi) is 6.83. The molecule has 2 aliphatic rings. The molecule has 200 valence electrons. The summed E-state index contributed by atoms with van der Waals surface area (Å²) in [6.07, 6.45) is 9.65. The zero-order valence-electron chi connectivity index (χ0n) is 21.8. The van der Waals surface area contributed by atoms with Gasteiger partial charge in [0.2, 0.25) is 0 Å². The zero-order chi connectivity index (χ0) is 27.0. The van der Waals surface area contributed by atoms with Crippen molar-refractivity contribution in [2.75, 3.05) is 31.1 Å². The fourth-order valence-corrected chi connectivity index (χ4v) is 6.15. The van der Waals surface area contributed by atoms with E-state index in [1.165, 1.54) is 17.7 Å². The highest BCUT2D eigenvalue weighted by molar-refractivity contribution is 6.29. The molecule has 39 heavy (non-hydrogen) atoms. The Morgan fingerprint density at radius 1 is 1.15 bits per heavy atom. The van der Waals surface area contributed by atoms with E-state index in [1.54, 1.807) is 24.4 Å². The number of nitrogens with zero attached hydrogens (tertiary/aromatic N) is 5. The summed E-state index contributed by atoms with van der Waals surface area (Å²) in [5, 5.41) is 9.14. The Bertz CT molecular complexity index is 1540. The maximum absolute atomic E-state index is 13.5. The molecule has 0 unspecified atom stereocenters. The molecule has 0 bridgehead atoms. The average molecular weight is 545 g/mol. The van der Waals surface area contributed by atoms with Gasteiger partial charge in [-0.25, -0.2) is 14.2 Å². The molecule has 2 aromatic carbocycles. The van der Waals surface area contributed by atoms with Crippen LogP contribution in [0.1, 0.15) is 29.5 Å². The number of piperidine rings is 1.